The van der Waals surface area contributed by atoms with E-state index in [0.29, 0.717) is 40.8 Å². The number of aliphatic imine (C=N–C) groups is 1. The Bertz CT molecular complexity index is 905. The van der Waals surface area contributed by atoms with E-state index in [-0.39, 0.29) is 23.3 Å². The van der Waals surface area contributed by atoms with Gasteiger partial charge in [-0.1, -0.05) is 19.8 Å². The highest BCUT2D eigenvalue weighted by Crippen LogP contribution is 2.46. The molecular weight excluding hydrogens is 450 g/mol. The van der Waals surface area contributed by atoms with Crippen molar-refractivity contribution in [2.75, 3.05) is 13.7 Å². The van der Waals surface area contributed by atoms with Crippen LogP contribution in [0.2, 0.25) is 0 Å². The number of allylic oxidation sites excluding steroid dienone is 2. The highest BCUT2D eigenvalue weighted by molar-refractivity contribution is 9.10. The molecule has 30 heavy (non-hydrogen) atoms. The molecule has 2 atom stereocenters. The van der Waals surface area contributed by atoms with Gasteiger partial charge in [-0.3, -0.25) is 14.6 Å². The van der Waals surface area contributed by atoms with Gasteiger partial charge in [-0.25, -0.2) is 0 Å². The van der Waals surface area contributed by atoms with E-state index in [1.807, 2.05) is 6.92 Å². The average molecular weight is 478 g/mol. The van der Waals surface area contributed by atoms with Gasteiger partial charge >= 0.3 is 5.97 Å². The van der Waals surface area contributed by atoms with Gasteiger partial charge in [0.15, 0.2) is 17.3 Å². The zero-order chi connectivity index (χ0) is 21.8. The lowest BCUT2D eigenvalue weighted by atomic mass is 9.71. The molecule has 0 radical (unpaired) electrons. The first-order valence-electron chi connectivity index (χ1n) is 10.4. The van der Waals surface area contributed by atoms with E-state index in [1.54, 1.807) is 12.1 Å². The molecule has 6 nitrogen and oxygen atoms in total. The summed E-state index contributed by atoms with van der Waals surface area (Å²) in [6.45, 7) is 4.26. The van der Waals surface area contributed by atoms with Gasteiger partial charge in [0.1, 0.15) is 5.92 Å². The van der Waals surface area contributed by atoms with Crippen LogP contribution in [0, 0.1) is 5.92 Å². The summed E-state index contributed by atoms with van der Waals surface area (Å²) in [4.78, 5) is 30.7. The van der Waals surface area contributed by atoms with E-state index < -0.39 is 11.8 Å². The molecule has 0 saturated carbocycles. The number of rotatable bonds is 7. The maximum absolute atomic E-state index is 13.1. The molecule has 1 heterocycles. The smallest absolute Gasteiger partial charge is 0.315 e. The minimum absolute atomic E-state index is 0.0180. The Morgan fingerprint density at radius 1 is 1.30 bits per heavy atom. The van der Waals surface area contributed by atoms with Gasteiger partial charge in [-0.2, -0.15) is 0 Å². The van der Waals surface area contributed by atoms with Crippen molar-refractivity contribution in [1.29, 1.82) is 0 Å². The Balaban J connectivity index is 2.06. The summed E-state index contributed by atoms with van der Waals surface area (Å²) in [6, 6.07) is 3.43. The number of unbranched alkanes of at least 4 members (excludes halogenated alkanes) is 2. The largest absolute Gasteiger partial charge is 0.503 e. The summed E-state index contributed by atoms with van der Waals surface area (Å²) in [7, 11) is 1.47. The Labute approximate surface area is 185 Å². The average Bonchev–Trinajstić information content (AvgIpc) is 2.72. The van der Waals surface area contributed by atoms with Gasteiger partial charge in [0.05, 0.1) is 18.2 Å². The predicted octanol–water partition coefficient (Wildman–Crippen LogP) is 5.08. The van der Waals surface area contributed by atoms with Crippen molar-refractivity contribution in [3.05, 3.63) is 33.4 Å². The van der Waals surface area contributed by atoms with Crippen LogP contribution in [0.3, 0.4) is 0 Å². The van der Waals surface area contributed by atoms with Crippen molar-refractivity contribution >= 4 is 33.4 Å². The molecule has 1 aliphatic heterocycles. The molecule has 1 aliphatic carbocycles. The van der Waals surface area contributed by atoms with Gasteiger partial charge < -0.3 is 14.6 Å². The molecule has 162 valence electrons. The van der Waals surface area contributed by atoms with Gasteiger partial charge in [0.25, 0.3) is 0 Å². The molecule has 1 aromatic carbocycles. The number of hydrogen-bond donors (Lipinski definition) is 1. The maximum atomic E-state index is 13.1. The Morgan fingerprint density at radius 2 is 2.07 bits per heavy atom. The van der Waals surface area contributed by atoms with Crippen molar-refractivity contribution in [1.82, 2.24) is 0 Å². The number of ether oxygens (including phenoxy) is 2. The number of halogens is 1. The van der Waals surface area contributed by atoms with Crippen molar-refractivity contribution < 1.29 is 24.2 Å². The number of phenolic OH excluding ortho intramolecular Hbond substituents is 1. The predicted molar refractivity (Wildman–Crippen MR) is 118 cm³/mol. The second-order valence-corrected chi connectivity index (χ2v) is 8.63. The molecule has 1 unspecified atom stereocenters. The van der Waals surface area contributed by atoms with Crippen LogP contribution >= 0.6 is 15.9 Å². The lowest BCUT2D eigenvalue weighted by Crippen LogP contribution is -2.37. The lowest BCUT2D eigenvalue weighted by molar-refractivity contribution is -0.146. The number of phenols is 1. The summed E-state index contributed by atoms with van der Waals surface area (Å²) >= 11 is 3.36. The van der Waals surface area contributed by atoms with Crippen LogP contribution in [0.1, 0.15) is 63.9 Å². The normalized spacial score (nSPS) is 21.2. The molecule has 0 saturated heterocycles. The first kappa shape index (κ1) is 22.5. The second-order valence-electron chi connectivity index (χ2n) is 7.77. The molecule has 0 aromatic heterocycles. The molecule has 2 aliphatic rings. The van der Waals surface area contributed by atoms with E-state index in [2.05, 4.69) is 27.8 Å². The number of nitrogens with zero attached hydrogens (tertiary/aromatic N) is 1. The molecule has 0 fully saturated rings. The second kappa shape index (κ2) is 9.77. The van der Waals surface area contributed by atoms with Crippen LogP contribution in [-0.4, -0.2) is 36.3 Å². The van der Waals surface area contributed by atoms with Crippen LogP contribution in [-0.2, 0) is 14.3 Å². The minimum Gasteiger partial charge on any atom is -0.503 e. The van der Waals surface area contributed by atoms with E-state index in [1.165, 1.54) is 7.11 Å². The molecule has 7 heteroatoms. The minimum atomic E-state index is -0.687. The number of esters is 1. The number of carbonyl (C=O) groups excluding carboxylic acids is 2. The number of benzene rings is 1. The fourth-order valence-electron chi connectivity index (χ4n) is 4.22. The van der Waals surface area contributed by atoms with Gasteiger partial charge in [-0.15, -0.1) is 0 Å². The van der Waals surface area contributed by atoms with Crippen LogP contribution < -0.4 is 4.74 Å². The van der Waals surface area contributed by atoms with E-state index in [0.717, 1.165) is 31.4 Å². The highest BCUT2D eigenvalue weighted by Gasteiger charge is 2.43. The maximum Gasteiger partial charge on any atom is 0.315 e. The fraction of sp³-hybridized carbons (Fsp3) is 0.522. The van der Waals surface area contributed by atoms with E-state index >= 15 is 0 Å². The third kappa shape index (κ3) is 4.46. The first-order chi connectivity index (χ1) is 14.4. The number of ketones is 1. The zero-order valence-corrected chi connectivity index (χ0v) is 19.3. The monoisotopic (exact) mass is 477 g/mol. The number of methoxy groups -OCH3 is 1. The summed E-state index contributed by atoms with van der Waals surface area (Å²) in [6.07, 6.45) is 4.75. The van der Waals surface area contributed by atoms with Crippen molar-refractivity contribution in [2.45, 2.75) is 58.3 Å². The Hall–Kier alpha value is -2.15. The number of Topliss-reactive ketones (excluding diaryl/α,β-unsaturated/α-hetero) is 1. The lowest BCUT2D eigenvalue weighted by Gasteiger charge is -2.34. The molecule has 3 rings (SSSR count). The number of aromatic hydroxyl groups is 1. The molecule has 0 amide bonds. The third-order valence-corrected chi connectivity index (χ3v) is 6.31. The summed E-state index contributed by atoms with van der Waals surface area (Å²) in [5, 5.41) is 10.2. The van der Waals surface area contributed by atoms with Gasteiger partial charge in [0.2, 0.25) is 0 Å². The van der Waals surface area contributed by atoms with Crippen LogP contribution in [0.25, 0.3) is 0 Å². The summed E-state index contributed by atoms with van der Waals surface area (Å²) in [5.74, 6) is -1.30. The number of carbonyl (C=O) groups is 2. The first-order valence-corrected chi connectivity index (χ1v) is 11.2. The molecule has 1 aromatic rings. The van der Waals surface area contributed by atoms with Crippen LogP contribution in [0.5, 0.6) is 11.5 Å². The Kier molecular flexibility index (Phi) is 7.34. The standard InChI is InChI=1S/C23H28BrNO5/c1-4-5-6-10-30-23(28)19-13(2)25-16-8-7-9-17(26)21(16)20(19)14-11-15(24)22(27)18(12-14)29-3/h11-12,19-20,27H,4-10H2,1-3H3/t19?,20-/m0/s1. The number of hydrogen-bond acceptors (Lipinski definition) is 6. The zero-order valence-electron chi connectivity index (χ0n) is 17.7. The molecular formula is C23H28BrNO5. The summed E-state index contributed by atoms with van der Waals surface area (Å²) in [5.41, 5.74) is 2.70. The van der Waals surface area contributed by atoms with E-state index in [9.17, 15) is 14.7 Å². The third-order valence-electron chi connectivity index (χ3n) is 5.71. The van der Waals surface area contributed by atoms with Crippen molar-refractivity contribution in [3.63, 3.8) is 0 Å². The Morgan fingerprint density at radius 3 is 2.77 bits per heavy atom. The van der Waals surface area contributed by atoms with Crippen LogP contribution in [0.4, 0.5) is 0 Å². The highest BCUT2D eigenvalue weighted by atomic mass is 79.9. The van der Waals surface area contributed by atoms with Crippen molar-refractivity contribution in [2.24, 2.45) is 10.9 Å². The quantitative estimate of drug-likeness (QED) is 0.437. The summed E-state index contributed by atoms with van der Waals surface area (Å²) < 4.78 is 11.3. The van der Waals surface area contributed by atoms with E-state index in [4.69, 9.17) is 9.47 Å². The molecule has 0 spiro atoms. The van der Waals surface area contributed by atoms with Crippen LogP contribution in [0.15, 0.2) is 32.9 Å². The topological polar surface area (TPSA) is 85.2 Å². The van der Waals surface area contributed by atoms with Gasteiger partial charge in [0, 0.05) is 29.3 Å². The van der Waals surface area contributed by atoms with Crippen molar-refractivity contribution in [3.8, 4) is 11.5 Å². The molecule has 1 N–H and O–H groups in total. The fourth-order valence-corrected chi connectivity index (χ4v) is 4.68. The molecule has 0 bridgehead atoms. The SMILES string of the molecule is CCCCCOC(=O)C1C(C)=NC2=C(C(=O)CCC2)[C@H]1c1cc(Br)c(O)c(OC)c1. The van der Waals surface area contributed by atoms with Gasteiger partial charge in [-0.05, 0) is 59.8 Å².